The molecular weight excluding hydrogens is 422 g/mol. The lowest BCUT2D eigenvalue weighted by Crippen LogP contribution is -2.44. The Hall–Kier alpha value is -0.840. The average molecular weight is 450 g/mol. The van der Waals surface area contributed by atoms with E-state index in [0.29, 0.717) is 0 Å². The third-order valence-corrected chi connectivity index (χ3v) is 6.04. The highest BCUT2D eigenvalue weighted by atomic mass is 31.2. The lowest BCUT2D eigenvalue weighted by molar-refractivity contribution is -0.168. The number of methoxy groups -OCH3 is 2. The first-order valence-corrected chi connectivity index (χ1v) is 11.4. The fourth-order valence-corrected chi connectivity index (χ4v) is 4.39. The number of carbonyl (C=O) groups is 2. The zero-order valence-corrected chi connectivity index (χ0v) is 18.6. The van der Waals surface area contributed by atoms with Crippen molar-refractivity contribution in [2.24, 2.45) is 0 Å². The van der Waals surface area contributed by atoms with Crippen molar-refractivity contribution in [1.82, 2.24) is 0 Å². The standard InChI is InChI=1S/C14H28O12P2/c1-7-21-27(17,22-8-2)25-11(13(15)19-5)12(14(16)20-6)26-28(18,23-9-3)24-10-4/h11-12H,7-10H2,1-6H3. The summed E-state index contributed by atoms with van der Waals surface area (Å²) in [6, 6.07) is 0. The molecule has 2 unspecified atom stereocenters. The second kappa shape index (κ2) is 13.4. The molecule has 0 aliphatic rings. The van der Waals surface area contributed by atoms with E-state index < -0.39 is 39.8 Å². The van der Waals surface area contributed by atoms with Crippen LogP contribution in [0.5, 0.6) is 0 Å². The van der Waals surface area contributed by atoms with Gasteiger partial charge in [-0.2, -0.15) is 0 Å². The van der Waals surface area contributed by atoms with Gasteiger partial charge in [-0.1, -0.05) is 0 Å². The molecule has 0 fully saturated rings. The van der Waals surface area contributed by atoms with E-state index in [0.717, 1.165) is 14.2 Å². The smallest absolute Gasteiger partial charge is 0.467 e. The monoisotopic (exact) mass is 450 g/mol. The number of ether oxygens (including phenoxy) is 2. The number of hydrogen-bond donors (Lipinski definition) is 0. The molecule has 0 N–H and O–H groups in total. The molecule has 0 aromatic carbocycles. The van der Waals surface area contributed by atoms with Crippen molar-refractivity contribution in [3.63, 3.8) is 0 Å². The molecule has 0 aromatic rings. The molecular formula is C14H28O12P2. The largest absolute Gasteiger partial charge is 0.475 e. The van der Waals surface area contributed by atoms with Crippen LogP contribution in [0.1, 0.15) is 27.7 Å². The number of hydrogen-bond acceptors (Lipinski definition) is 12. The number of carbonyl (C=O) groups excluding carboxylic acids is 2. The topological polar surface area (TPSA) is 142 Å². The van der Waals surface area contributed by atoms with E-state index in [1.807, 2.05) is 0 Å². The van der Waals surface area contributed by atoms with Crippen LogP contribution in [0.3, 0.4) is 0 Å². The Balaban J connectivity index is 6.01. The van der Waals surface area contributed by atoms with Gasteiger partial charge < -0.3 is 9.47 Å². The van der Waals surface area contributed by atoms with E-state index in [9.17, 15) is 18.7 Å². The van der Waals surface area contributed by atoms with Crippen molar-refractivity contribution >= 4 is 27.6 Å². The van der Waals surface area contributed by atoms with Crippen LogP contribution in [0.15, 0.2) is 0 Å². The van der Waals surface area contributed by atoms with E-state index in [4.69, 9.17) is 27.1 Å². The minimum Gasteiger partial charge on any atom is -0.467 e. The Morgan fingerprint density at radius 2 is 0.893 bits per heavy atom. The van der Waals surface area contributed by atoms with E-state index in [-0.39, 0.29) is 26.4 Å². The van der Waals surface area contributed by atoms with E-state index >= 15 is 0 Å². The molecule has 14 heteroatoms. The van der Waals surface area contributed by atoms with Crippen molar-refractivity contribution in [3.05, 3.63) is 0 Å². The van der Waals surface area contributed by atoms with Gasteiger partial charge in [-0.05, 0) is 27.7 Å². The summed E-state index contributed by atoms with van der Waals surface area (Å²) in [6.07, 6.45) is -4.04. The fraction of sp³-hybridized carbons (Fsp3) is 0.857. The van der Waals surface area contributed by atoms with Gasteiger partial charge in [0.2, 0.25) is 12.2 Å². The molecule has 0 aliphatic carbocycles. The van der Waals surface area contributed by atoms with Crippen LogP contribution in [0, 0.1) is 0 Å². The van der Waals surface area contributed by atoms with Crippen LogP contribution in [-0.2, 0) is 55.3 Å². The summed E-state index contributed by atoms with van der Waals surface area (Å²) in [5.74, 6) is -2.37. The second-order valence-corrected chi connectivity index (χ2v) is 7.91. The molecule has 12 nitrogen and oxygen atoms in total. The highest BCUT2D eigenvalue weighted by Gasteiger charge is 2.48. The third kappa shape index (κ3) is 8.67. The minimum absolute atomic E-state index is 0.0920. The summed E-state index contributed by atoms with van der Waals surface area (Å²) in [7, 11) is -6.63. The fourth-order valence-electron chi connectivity index (χ4n) is 1.78. The van der Waals surface area contributed by atoms with Gasteiger partial charge in [0.1, 0.15) is 0 Å². The average Bonchev–Trinajstić information content (AvgIpc) is 2.64. The zero-order chi connectivity index (χ0) is 21.8. The normalized spacial score (nSPS) is 14.4. The van der Waals surface area contributed by atoms with Crippen LogP contribution in [-0.4, -0.2) is 64.8 Å². The number of phosphoric ester groups is 2. The maximum absolute atomic E-state index is 12.7. The summed E-state index contributed by atoms with van der Waals surface area (Å²) < 4.78 is 64.5. The van der Waals surface area contributed by atoms with Gasteiger partial charge in [0.15, 0.2) is 0 Å². The quantitative estimate of drug-likeness (QED) is 0.267. The predicted molar refractivity (Wildman–Crippen MR) is 95.5 cm³/mol. The van der Waals surface area contributed by atoms with E-state index in [1.54, 1.807) is 0 Å². The first-order valence-electron chi connectivity index (χ1n) is 8.46. The van der Waals surface area contributed by atoms with E-state index in [1.165, 1.54) is 27.7 Å². The number of phosphoric acid groups is 2. The van der Waals surface area contributed by atoms with Gasteiger partial charge in [0.25, 0.3) is 0 Å². The van der Waals surface area contributed by atoms with Gasteiger partial charge >= 0.3 is 27.6 Å². The number of rotatable bonds is 15. The van der Waals surface area contributed by atoms with Crippen LogP contribution in [0.25, 0.3) is 0 Å². The van der Waals surface area contributed by atoms with Crippen molar-refractivity contribution in [2.45, 2.75) is 39.9 Å². The molecule has 0 spiro atoms. The first kappa shape index (κ1) is 27.2. The molecule has 2 atom stereocenters. The Bertz CT molecular complexity index is 511. The van der Waals surface area contributed by atoms with Crippen molar-refractivity contribution in [3.8, 4) is 0 Å². The lowest BCUT2D eigenvalue weighted by atomic mass is 10.2. The van der Waals surface area contributed by atoms with Crippen LogP contribution in [0.4, 0.5) is 0 Å². The Labute approximate surface area is 164 Å². The van der Waals surface area contributed by atoms with Gasteiger partial charge in [0, 0.05) is 0 Å². The molecule has 28 heavy (non-hydrogen) atoms. The molecule has 0 aliphatic heterocycles. The molecule has 0 heterocycles. The van der Waals surface area contributed by atoms with E-state index in [2.05, 4.69) is 9.47 Å². The highest BCUT2D eigenvalue weighted by Crippen LogP contribution is 2.54. The van der Waals surface area contributed by atoms with Crippen LogP contribution >= 0.6 is 15.6 Å². The van der Waals surface area contributed by atoms with Crippen molar-refractivity contribution < 1.29 is 55.3 Å². The summed E-state index contributed by atoms with van der Waals surface area (Å²) in [4.78, 5) is 24.4. The summed E-state index contributed by atoms with van der Waals surface area (Å²) in [6.45, 7) is 5.67. The first-order chi connectivity index (χ1) is 13.2. The van der Waals surface area contributed by atoms with Crippen LogP contribution in [0.2, 0.25) is 0 Å². The molecule has 0 rings (SSSR count). The second-order valence-electron chi connectivity index (χ2n) is 4.66. The Morgan fingerprint density at radius 1 is 0.643 bits per heavy atom. The maximum atomic E-state index is 12.7. The molecule has 0 radical (unpaired) electrons. The predicted octanol–water partition coefficient (Wildman–Crippen LogP) is 2.47. The van der Waals surface area contributed by atoms with Gasteiger partial charge in [-0.3, -0.25) is 27.1 Å². The summed E-state index contributed by atoms with van der Waals surface area (Å²) in [5.41, 5.74) is 0. The molecule has 0 aromatic heterocycles. The maximum Gasteiger partial charge on any atom is 0.475 e. The van der Waals surface area contributed by atoms with Gasteiger partial charge in [-0.25, -0.2) is 18.7 Å². The highest BCUT2D eigenvalue weighted by molar-refractivity contribution is 7.49. The number of esters is 2. The summed E-state index contributed by atoms with van der Waals surface area (Å²) >= 11 is 0. The van der Waals surface area contributed by atoms with Crippen LogP contribution < -0.4 is 0 Å². The van der Waals surface area contributed by atoms with Crippen molar-refractivity contribution in [1.29, 1.82) is 0 Å². The molecule has 0 saturated carbocycles. The van der Waals surface area contributed by atoms with Gasteiger partial charge in [0.05, 0.1) is 40.6 Å². The molecule has 0 bridgehead atoms. The molecule has 166 valence electrons. The third-order valence-electron chi connectivity index (χ3n) is 2.78. The minimum atomic E-state index is -4.30. The Kier molecular flexibility index (Phi) is 13.0. The Morgan fingerprint density at radius 3 is 1.07 bits per heavy atom. The summed E-state index contributed by atoms with van der Waals surface area (Å²) in [5, 5.41) is 0. The SMILES string of the molecule is CCOP(=O)(OCC)OC(C(=O)OC)C(OP(=O)(OCC)OCC)C(=O)OC. The molecule has 0 amide bonds. The van der Waals surface area contributed by atoms with Gasteiger partial charge in [-0.15, -0.1) is 0 Å². The van der Waals surface area contributed by atoms with Crippen molar-refractivity contribution in [2.75, 3.05) is 40.6 Å². The zero-order valence-electron chi connectivity index (χ0n) is 16.8. The molecule has 0 saturated heterocycles. The lowest BCUT2D eigenvalue weighted by Gasteiger charge is -2.28.